The Morgan fingerprint density at radius 3 is 1.67 bits per heavy atom. The Kier molecular flexibility index (Phi) is 45.7. The van der Waals surface area contributed by atoms with Gasteiger partial charge < -0.3 is 14.9 Å². The monoisotopic (exact) mass is 178 g/mol. The first-order valence-corrected chi connectivity index (χ1v) is 4.02. The molecule has 12 heavy (non-hydrogen) atoms. The van der Waals surface area contributed by atoms with Gasteiger partial charge in [0.2, 0.25) is 0 Å². The van der Waals surface area contributed by atoms with E-state index >= 15 is 0 Å². The van der Waals surface area contributed by atoms with Gasteiger partial charge >= 0.3 is 0 Å². The van der Waals surface area contributed by atoms with Crippen molar-refractivity contribution in [1.82, 2.24) is 0 Å². The van der Waals surface area contributed by atoms with Crippen LogP contribution in [0.2, 0.25) is 0 Å². The Hall–Kier alpha value is -0.380. The number of methoxy groups -OCH3 is 1. The van der Waals surface area contributed by atoms with E-state index in [1.54, 1.807) is 13.2 Å². The zero-order chi connectivity index (χ0) is 10.2. The van der Waals surface area contributed by atoms with Crippen molar-refractivity contribution in [2.75, 3.05) is 26.9 Å². The van der Waals surface area contributed by atoms with Crippen LogP contribution in [0.15, 0.2) is 12.7 Å². The van der Waals surface area contributed by atoms with Gasteiger partial charge in [0.25, 0.3) is 0 Å². The van der Waals surface area contributed by atoms with Crippen LogP contribution in [0.1, 0.15) is 20.3 Å². The Labute approximate surface area is 75.7 Å². The van der Waals surface area contributed by atoms with E-state index in [9.17, 15) is 0 Å². The third-order valence-corrected chi connectivity index (χ3v) is 0.519. The quantitative estimate of drug-likeness (QED) is 0.639. The van der Waals surface area contributed by atoms with Gasteiger partial charge in [0, 0.05) is 13.7 Å². The van der Waals surface area contributed by atoms with Crippen LogP contribution < -0.4 is 0 Å². The molecule has 0 saturated heterocycles. The molecule has 0 heterocycles. The molecular weight excluding hydrogens is 156 g/mol. The van der Waals surface area contributed by atoms with Gasteiger partial charge in [-0.25, -0.2) is 0 Å². The normalized spacial score (nSPS) is 7.08. The predicted octanol–water partition coefficient (Wildman–Crippen LogP) is 1.21. The Morgan fingerprint density at radius 2 is 1.67 bits per heavy atom. The second kappa shape index (κ2) is 31.1. The Bertz CT molecular complexity index is 51.7. The maximum atomic E-state index is 7.94. The number of allylic oxidation sites excluding steroid dienone is 1. The molecule has 0 aromatic heterocycles. The molecule has 0 fully saturated rings. The number of rotatable bonds is 3. The lowest BCUT2D eigenvalue weighted by molar-refractivity contribution is 0.135. The predicted molar refractivity (Wildman–Crippen MR) is 52.2 cm³/mol. The molecule has 0 aromatic carbocycles. The van der Waals surface area contributed by atoms with Gasteiger partial charge in [0.05, 0.1) is 13.2 Å². The van der Waals surface area contributed by atoms with E-state index in [0.29, 0.717) is 13.2 Å². The first kappa shape index (κ1) is 17.6. The topological polar surface area (TPSA) is 49.7 Å². The lowest BCUT2D eigenvalue weighted by atomic mass is 10.5. The van der Waals surface area contributed by atoms with E-state index in [2.05, 4.69) is 11.3 Å². The fourth-order valence-electron chi connectivity index (χ4n) is 0.0913. The van der Waals surface area contributed by atoms with Crippen LogP contribution >= 0.6 is 0 Å². The van der Waals surface area contributed by atoms with Crippen LogP contribution in [0.3, 0.4) is 0 Å². The maximum absolute atomic E-state index is 7.94. The van der Waals surface area contributed by atoms with Crippen molar-refractivity contribution in [1.29, 1.82) is 0 Å². The first-order valence-electron chi connectivity index (χ1n) is 4.02. The summed E-state index contributed by atoms with van der Waals surface area (Å²) in [4.78, 5) is 0. The van der Waals surface area contributed by atoms with Crippen LogP contribution in [0, 0.1) is 0 Å². The van der Waals surface area contributed by atoms with E-state index in [1.807, 2.05) is 13.8 Å². The summed E-state index contributed by atoms with van der Waals surface area (Å²) < 4.78 is 4.44. The number of ether oxygens (including phenoxy) is 1. The molecule has 0 saturated carbocycles. The van der Waals surface area contributed by atoms with E-state index in [-0.39, 0.29) is 6.61 Å². The first-order chi connectivity index (χ1) is 5.74. The van der Waals surface area contributed by atoms with Crippen LogP contribution in [-0.4, -0.2) is 37.1 Å². The van der Waals surface area contributed by atoms with Crippen molar-refractivity contribution in [2.24, 2.45) is 0 Å². The molecule has 0 rings (SSSR count). The molecule has 0 atom stereocenters. The van der Waals surface area contributed by atoms with Crippen molar-refractivity contribution < 1.29 is 14.9 Å². The standard InChI is InChI=1S/C3H8O2.C3H8O.C3H6/c1-5-3-2-4;1-2-3-4;1-3-2/h4H,2-3H2,1H3;4H,2-3H2,1H3;3H,1H2,2H3. The van der Waals surface area contributed by atoms with Crippen molar-refractivity contribution in [3.8, 4) is 0 Å². The molecule has 0 spiro atoms. The number of hydrogen-bond donors (Lipinski definition) is 2. The highest BCUT2D eigenvalue weighted by atomic mass is 16.5. The van der Waals surface area contributed by atoms with Crippen LogP contribution in [0.25, 0.3) is 0 Å². The van der Waals surface area contributed by atoms with Gasteiger partial charge in [-0.2, -0.15) is 0 Å². The van der Waals surface area contributed by atoms with Gasteiger partial charge in [0.1, 0.15) is 0 Å². The van der Waals surface area contributed by atoms with Gasteiger partial charge in [0.15, 0.2) is 0 Å². The lowest BCUT2D eigenvalue weighted by Gasteiger charge is -1.84. The molecule has 0 unspecified atom stereocenters. The van der Waals surface area contributed by atoms with Crippen molar-refractivity contribution >= 4 is 0 Å². The molecule has 0 aliphatic heterocycles. The largest absolute Gasteiger partial charge is 0.396 e. The minimum Gasteiger partial charge on any atom is -0.396 e. The van der Waals surface area contributed by atoms with Crippen molar-refractivity contribution in [3.63, 3.8) is 0 Å². The number of hydrogen-bond acceptors (Lipinski definition) is 3. The summed E-state index contributed by atoms with van der Waals surface area (Å²) in [6, 6.07) is 0. The molecule has 0 amide bonds. The zero-order valence-electron chi connectivity index (χ0n) is 8.42. The minimum absolute atomic E-state index is 0.122. The third-order valence-electron chi connectivity index (χ3n) is 0.519. The second-order valence-corrected chi connectivity index (χ2v) is 1.85. The van der Waals surface area contributed by atoms with E-state index < -0.39 is 0 Å². The summed E-state index contributed by atoms with van der Waals surface area (Å²) >= 11 is 0. The fraction of sp³-hybridized carbons (Fsp3) is 0.778. The summed E-state index contributed by atoms with van der Waals surface area (Å²) in [6.45, 7) is 8.07. The highest BCUT2D eigenvalue weighted by Crippen LogP contribution is 1.61. The van der Waals surface area contributed by atoms with Gasteiger partial charge in [-0.15, -0.1) is 6.58 Å². The lowest BCUT2D eigenvalue weighted by Crippen LogP contribution is -1.91. The summed E-state index contributed by atoms with van der Waals surface area (Å²) in [6.07, 6.45) is 2.62. The average molecular weight is 178 g/mol. The van der Waals surface area contributed by atoms with E-state index in [1.165, 1.54) is 0 Å². The van der Waals surface area contributed by atoms with Crippen LogP contribution in [-0.2, 0) is 4.74 Å². The molecule has 0 aliphatic carbocycles. The molecule has 3 nitrogen and oxygen atoms in total. The molecule has 3 heteroatoms. The van der Waals surface area contributed by atoms with Gasteiger partial charge in [-0.3, -0.25) is 0 Å². The third kappa shape index (κ3) is 104. The summed E-state index contributed by atoms with van der Waals surface area (Å²) in [5.41, 5.74) is 0. The maximum Gasteiger partial charge on any atom is 0.0693 e. The summed E-state index contributed by atoms with van der Waals surface area (Å²) in [5, 5.41) is 15.8. The van der Waals surface area contributed by atoms with E-state index in [4.69, 9.17) is 10.2 Å². The Balaban J connectivity index is -0.000000105. The number of aliphatic hydroxyl groups is 2. The zero-order valence-corrected chi connectivity index (χ0v) is 8.42. The highest BCUT2D eigenvalue weighted by Gasteiger charge is 1.67. The molecular formula is C9H22O3. The van der Waals surface area contributed by atoms with Gasteiger partial charge in [-0.05, 0) is 13.3 Å². The summed E-state index contributed by atoms with van der Waals surface area (Å²) in [5.74, 6) is 0. The fourth-order valence-corrected chi connectivity index (χ4v) is 0.0913. The van der Waals surface area contributed by atoms with Crippen molar-refractivity contribution in [3.05, 3.63) is 12.7 Å². The molecule has 0 bridgehead atoms. The number of aliphatic hydroxyl groups excluding tert-OH is 2. The van der Waals surface area contributed by atoms with Crippen LogP contribution in [0.5, 0.6) is 0 Å². The van der Waals surface area contributed by atoms with Gasteiger partial charge in [-0.1, -0.05) is 13.0 Å². The van der Waals surface area contributed by atoms with E-state index in [0.717, 1.165) is 6.42 Å². The molecule has 0 radical (unpaired) electrons. The highest BCUT2D eigenvalue weighted by molar-refractivity contribution is 4.51. The Morgan fingerprint density at radius 1 is 1.33 bits per heavy atom. The summed E-state index contributed by atoms with van der Waals surface area (Å²) in [7, 11) is 1.55. The molecule has 2 N–H and O–H groups in total. The average Bonchev–Trinajstić information content (AvgIpc) is 2.08. The minimum atomic E-state index is 0.122. The van der Waals surface area contributed by atoms with Crippen LogP contribution in [0.4, 0.5) is 0 Å². The molecule has 76 valence electrons. The van der Waals surface area contributed by atoms with Crippen molar-refractivity contribution in [2.45, 2.75) is 20.3 Å². The molecule has 0 aliphatic rings. The second-order valence-electron chi connectivity index (χ2n) is 1.85. The SMILES string of the molecule is C=CC.CCCO.COCCO. The smallest absolute Gasteiger partial charge is 0.0693 e. The molecule has 0 aromatic rings.